The van der Waals surface area contributed by atoms with Crippen molar-refractivity contribution in [3.05, 3.63) is 67.2 Å². The number of halogens is 1. The minimum absolute atomic E-state index is 0.156. The molecule has 1 amide bonds. The first kappa shape index (κ1) is 18.1. The molecule has 0 aliphatic rings. The molecule has 0 spiro atoms. The molecule has 2 rings (SSSR count). The number of rotatable bonds is 6. The molecule has 9 nitrogen and oxygen atoms in total. The van der Waals surface area contributed by atoms with Crippen LogP contribution >= 0.6 is 11.6 Å². The summed E-state index contributed by atoms with van der Waals surface area (Å²) in [6.45, 7) is 1.36. The van der Waals surface area contributed by atoms with Crippen molar-refractivity contribution >= 4 is 34.6 Å². The maximum Gasteiger partial charge on any atom is 0.299 e. The topological polar surface area (TPSA) is 125 Å². The Labute approximate surface area is 146 Å². The third-order valence-corrected chi connectivity index (χ3v) is 3.39. The highest BCUT2D eigenvalue weighted by molar-refractivity contribution is 6.30. The minimum Gasteiger partial charge on any atom is -0.483 e. The van der Waals surface area contributed by atoms with E-state index in [0.717, 1.165) is 23.8 Å². The second kappa shape index (κ2) is 7.58. The molecule has 2 aromatic rings. The standard InChI is InChI=1S/C15H12ClN3O6/c1-9-6-10(16)2-5-14(9)25-8-15(20)17-12-4-3-11(18(21)22)7-13(12)19(23)24/h2-7H,8H2,1H3,(H,17,20). The summed E-state index contributed by atoms with van der Waals surface area (Å²) >= 11 is 5.82. The minimum atomic E-state index is -0.813. The molecular weight excluding hydrogens is 354 g/mol. The first-order valence-electron chi connectivity index (χ1n) is 6.89. The molecule has 0 atom stereocenters. The zero-order valence-corrected chi connectivity index (χ0v) is 13.6. The van der Waals surface area contributed by atoms with Crippen molar-refractivity contribution in [1.29, 1.82) is 0 Å². The molecule has 0 unspecified atom stereocenters. The smallest absolute Gasteiger partial charge is 0.299 e. The van der Waals surface area contributed by atoms with Gasteiger partial charge in [0, 0.05) is 11.1 Å². The second-order valence-corrected chi connectivity index (χ2v) is 5.40. The molecule has 0 heterocycles. The van der Waals surface area contributed by atoms with E-state index in [1.54, 1.807) is 25.1 Å². The predicted octanol–water partition coefficient (Wildman–Crippen LogP) is 3.48. The Morgan fingerprint density at radius 3 is 2.48 bits per heavy atom. The Morgan fingerprint density at radius 1 is 1.16 bits per heavy atom. The lowest BCUT2D eigenvalue weighted by molar-refractivity contribution is -0.393. The van der Waals surface area contributed by atoms with E-state index in [2.05, 4.69) is 5.32 Å². The van der Waals surface area contributed by atoms with Gasteiger partial charge in [-0.2, -0.15) is 0 Å². The Morgan fingerprint density at radius 2 is 1.88 bits per heavy atom. The number of carbonyl (C=O) groups is 1. The number of nitrogens with one attached hydrogen (secondary N) is 1. The van der Waals surface area contributed by atoms with Crippen LogP contribution in [0.3, 0.4) is 0 Å². The number of amides is 1. The van der Waals surface area contributed by atoms with Crippen LogP contribution in [-0.4, -0.2) is 22.4 Å². The summed E-state index contributed by atoms with van der Waals surface area (Å²) in [5, 5.41) is 24.5. The Kier molecular flexibility index (Phi) is 5.50. The summed E-state index contributed by atoms with van der Waals surface area (Å²) in [6, 6.07) is 7.80. The van der Waals surface area contributed by atoms with Gasteiger partial charge in [0.15, 0.2) is 6.61 Å². The number of nitro groups is 2. The van der Waals surface area contributed by atoms with Gasteiger partial charge in [-0.25, -0.2) is 0 Å². The van der Waals surface area contributed by atoms with Crippen LogP contribution in [0.2, 0.25) is 5.02 Å². The van der Waals surface area contributed by atoms with Crippen molar-refractivity contribution in [2.45, 2.75) is 6.92 Å². The maximum atomic E-state index is 11.9. The van der Waals surface area contributed by atoms with Gasteiger partial charge in [0.05, 0.1) is 15.9 Å². The fourth-order valence-corrected chi connectivity index (χ4v) is 2.22. The monoisotopic (exact) mass is 365 g/mol. The highest BCUT2D eigenvalue weighted by Crippen LogP contribution is 2.29. The van der Waals surface area contributed by atoms with Gasteiger partial charge in [-0.3, -0.25) is 25.0 Å². The number of hydrogen-bond donors (Lipinski definition) is 1. The summed E-state index contributed by atoms with van der Waals surface area (Å²) in [7, 11) is 0. The lowest BCUT2D eigenvalue weighted by atomic mass is 10.2. The second-order valence-electron chi connectivity index (χ2n) is 4.96. The summed E-state index contributed by atoms with van der Waals surface area (Å²) in [6.07, 6.45) is 0. The molecule has 1 N–H and O–H groups in total. The number of hydrogen-bond acceptors (Lipinski definition) is 6. The van der Waals surface area contributed by atoms with E-state index >= 15 is 0 Å². The molecule has 0 aromatic heterocycles. The van der Waals surface area contributed by atoms with Crippen LogP contribution in [0, 0.1) is 27.2 Å². The molecule has 0 aliphatic carbocycles. The largest absolute Gasteiger partial charge is 0.483 e. The average molecular weight is 366 g/mol. The molecule has 0 radical (unpaired) electrons. The number of ether oxygens (including phenoxy) is 1. The molecular formula is C15H12ClN3O6. The van der Waals surface area contributed by atoms with E-state index in [1.807, 2.05) is 0 Å². The summed E-state index contributed by atoms with van der Waals surface area (Å²) in [5.41, 5.74) is -0.457. The Bertz CT molecular complexity index is 855. The van der Waals surface area contributed by atoms with Crippen molar-refractivity contribution in [1.82, 2.24) is 0 Å². The first-order valence-corrected chi connectivity index (χ1v) is 7.27. The van der Waals surface area contributed by atoms with E-state index in [0.29, 0.717) is 10.8 Å². The molecule has 25 heavy (non-hydrogen) atoms. The number of benzene rings is 2. The third-order valence-electron chi connectivity index (χ3n) is 3.16. The van der Waals surface area contributed by atoms with Crippen LogP contribution in [0.15, 0.2) is 36.4 Å². The Hall–Kier alpha value is -3.20. The van der Waals surface area contributed by atoms with Gasteiger partial charge in [0.1, 0.15) is 11.4 Å². The van der Waals surface area contributed by atoms with Crippen LogP contribution in [0.5, 0.6) is 5.75 Å². The van der Waals surface area contributed by atoms with Crippen LogP contribution in [0.1, 0.15) is 5.56 Å². The number of nitro benzene ring substituents is 2. The number of carbonyl (C=O) groups excluding carboxylic acids is 1. The van der Waals surface area contributed by atoms with E-state index in [1.165, 1.54) is 0 Å². The highest BCUT2D eigenvalue weighted by atomic mass is 35.5. The van der Waals surface area contributed by atoms with Gasteiger partial charge in [0.2, 0.25) is 0 Å². The Balaban J connectivity index is 2.09. The average Bonchev–Trinajstić information content (AvgIpc) is 2.54. The van der Waals surface area contributed by atoms with Gasteiger partial charge in [-0.05, 0) is 36.8 Å². The van der Waals surface area contributed by atoms with Gasteiger partial charge in [0.25, 0.3) is 17.3 Å². The number of aryl methyl sites for hydroxylation is 1. The van der Waals surface area contributed by atoms with Gasteiger partial charge < -0.3 is 10.1 Å². The number of anilines is 1. The third kappa shape index (κ3) is 4.64. The van der Waals surface area contributed by atoms with Crippen molar-refractivity contribution in [2.75, 3.05) is 11.9 Å². The van der Waals surface area contributed by atoms with Crippen molar-refractivity contribution in [3.8, 4) is 5.75 Å². The first-order chi connectivity index (χ1) is 11.8. The molecule has 0 fully saturated rings. The van der Waals surface area contributed by atoms with Crippen LogP contribution in [0.4, 0.5) is 17.1 Å². The summed E-state index contributed by atoms with van der Waals surface area (Å²) in [4.78, 5) is 32.1. The lowest BCUT2D eigenvalue weighted by Crippen LogP contribution is -2.21. The summed E-state index contributed by atoms with van der Waals surface area (Å²) in [5.74, 6) is -0.205. The van der Waals surface area contributed by atoms with Crippen molar-refractivity contribution in [3.63, 3.8) is 0 Å². The SMILES string of the molecule is Cc1cc(Cl)ccc1OCC(=O)Nc1ccc([N+](=O)[O-])cc1[N+](=O)[O-]. The number of nitrogens with zero attached hydrogens (tertiary/aromatic N) is 2. The van der Waals surface area contributed by atoms with Crippen LogP contribution in [0.25, 0.3) is 0 Å². The van der Waals surface area contributed by atoms with E-state index in [4.69, 9.17) is 16.3 Å². The quantitative estimate of drug-likeness (QED) is 0.617. The number of non-ortho nitro benzene ring substituents is 1. The lowest BCUT2D eigenvalue weighted by Gasteiger charge is -2.10. The van der Waals surface area contributed by atoms with Crippen LogP contribution < -0.4 is 10.1 Å². The zero-order valence-electron chi connectivity index (χ0n) is 12.9. The molecule has 0 aliphatic heterocycles. The molecule has 2 aromatic carbocycles. The normalized spacial score (nSPS) is 10.2. The van der Waals surface area contributed by atoms with E-state index in [9.17, 15) is 25.0 Å². The highest BCUT2D eigenvalue weighted by Gasteiger charge is 2.21. The molecule has 0 saturated carbocycles. The van der Waals surface area contributed by atoms with Crippen molar-refractivity contribution in [2.24, 2.45) is 0 Å². The van der Waals surface area contributed by atoms with Gasteiger partial charge in [-0.15, -0.1) is 0 Å². The molecule has 0 saturated heterocycles. The fraction of sp³-hybridized carbons (Fsp3) is 0.133. The predicted molar refractivity (Wildman–Crippen MR) is 90.1 cm³/mol. The van der Waals surface area contributed by atoms with Crippen LogP contribution in [-0.2, 0) is 4.79 Å². The van der Waals surface area contributed by atoms with Gasteiger partial charge >= 0.3 is 0 Å². The maximum absolute atomic E-state index is 11.9. The van der Waals surface area contributed by atoms with E-state index < -0.39 is 33.7 Å². The zero-order chi connectivity index (χ0) is 18.6. The summed E-state index contributed by atoms with van der Waals surface area (Å²) < 4.78 is 5.34. The van der Waals surface area contributed by atoms with Crippen molar-refractivity contribution < 1.29 is 19.4 Å². The molecule has 10 heteroatoms. The van der Waals surface area contributed by atoms with E-state index in [-0.39, 0.29) is 5.69 Å². The molecule has 130 valence electrons. The fourth-order valence-electron chi connectivity index (χ4n) is 1.99. The van der Waals surface area contributed by atoms with Gasteiger partial charge in [-0.1, -0.05) is 11.6 Å². The molecule has 0 bridgehead atoms.